The van der Waals surface area contributed by atoms with E-state index in [1.54, 1.807) is 0 Å². The van der Waals surface area contributed by atoms with Crippen LogP contribution in [0.1, 0.15) is 39.0 Å². The molecule has 0 radical (unpaired) electrons. The maximum absolute atomic E-state index is 8.28. The third-order valence-electron chi connectivity index (χ3n) is 1.75. The lowest BCUT2D eigenvalue weighted by molar-refractivity contribution is 0.280. The van der Waals surface area contributed by atoms with Gasteiger partial charge in [-0.25, -0.2) is 0 Å². The van der Waals surface area contributed by atoms with E-state index in [1.807, 2.05) is 0 Å². The molecule has 11 heavy (non-hydrogen) atoms. The summed E-state index contributed by atoms with van der Waals surface area (Å²) in [4.78, 5) is 0. The van der Waals surface area contributed by atoms with Crippen LogP contribution >= 0.6 is 0 Å². The summed E-state index contributed by atoms with van der Waals surface area (Å²) in [6, 6.07) is 0. The van der Waals surface area contributed by atoms with Crippen LogP contribution in [0.4, 0.5) is 0 Å². The van der Waals surface area contributed by atoms with E-state index >= 15 is 0 Å². The number of aliphatic hydroxyl groups excluding tert-OH is 2. The predicted octanol–water partition coefficient (Wildman–Crippen LogP) is 1.56. The molecule has 0 saturated heterocycles. The van der Waals surface area contributed by atoms with Crippen molar-refractivity contribution in [3.8, 4) is 0 Å². The number of hydrogen-bond donors (Lipinski definition) is 2. The molecule has 1 aliphatic carbocycles. The minimum absolute atomic E-state index is 0.344. The fourth-order valence-corrected chi connectivity index (χ4v) is 0.747. The van der Waals surface area contributed by atoms with Crippen molar-refractivity contribution in [1.29, 1.82) is 0 Å². The van der Waals surface area contributed by atoms with Crippen LogP contribution in [-0.4, -0.2) is 23.4 Å². The number of unbranched alkanes of at least 4 members (excludes halogenated alkanes) is 1. The van der Waals surface area contributed by atoms with E-state index in [1.165, 1.54) is 12.8 Å². The van der Waals surface area contributed by atoms with Gasteiger partial charge in [-0.3, -0.25) is 0 Å². The summed E-state index contributed by atoms with van der Waals surface area (Å²) in [5.41, 5.74) is 0. The molecule has 0 aliphatic heterocycles. The smallest absolute Gasteiger partial charge is 0.0433 e. The molecule has 1 aliphatic rings. The van der Waals surface area contributed by atoms with Gasteiger partial charge in [0.25, 0.3) is 0 Å². The van der Waals surface area contributed by atoms with Gasteiger partial charge in [0.15, 0.2) is 0 Å². The zero-order chi connectivity index (χ0) is 8.53. The van der Waals surface area contributed by atoms with Crippen LogP contribution in [0.5, 0.6) is 0 Å². The van der Waals surface area contributed by atoms with Crippen molar-refractivity contribution in [2.75, 3.05) is 13.2 Å². The van der Waals surface area contributed by atoms with Crippen LogP contribution in [-0.2, 0) is 0 Å². The van der Waals surface area contributed by atoms with Gasteiger partial charge in [-0.15, -0.1) is 0 Å². The normalized spacial score (nSPS) is 15.5. The van der Waals surface area contributed by atoms with Gasteiger partial charge >= 0.3 is 0 Å². The van der Waals surface area contributed by atoms with Gasteiger partial charge in [0.05, 0.1) is 0 Å². The third-order valence-corrected chi connectivity index (χ3v) is 1.75. The summed E-state index contributed by atoms with van der Waals surface area (Å²) in [5.74, 6) is 0.898. The van der Waals surface area contributed by atoms with Crippen molar-refractivity contribution in [1.82, 2.24) is 0 Å². The Bertz CT molecular complexity index is 68.0. The van der Waals surface area contributed by atoms with E-state index in [0.29, 0.717) is 13.2 Å². The first kappa shape index (κ1) is 10.9. The quantitative estimate of drug-likeness (QED) is 0.655. The highest BCUT2D eigenvalue weighted by Gasteiger charge is 2.19. The van der Waals surface area contributed by atoms with Crippen LogP contribution < -0.4 is 0 Å². The zero-order valence-electron chi connectivity index (χ0n) is 7.42. The Labute approximate surface area is 69.2 Å². The van der Waals surface area contributed by atoms with Gasteiger partial charge in [-0.05, 0) is 18.8 Å². The molecule has 1 fully saturated rings. The summed E-state index contributed by atoms with van der Waals surface area (Å²) in [6.07, 6.45) is 5.80. The lowest BCUT2D eigenvalue weighted by Gasteiger charge is -1.82. The highest BCUT2D eigenvalue weighted by atomic mass is 16.3. The summed E-state index contributed by atoms with van der Waals surface area (Å²) in [5, 5.41) is 16.3. The van der Waals surface area contributed by atoms with Crippen molar-refractivity contribution < 1.29 is 10.2 Å². The van der Waals surface area contributed by atoms with E-state index < -0.39 is 0 Å². The fraction of sp³-hybridized carbons (Fsp3) is 1.00. The van der Waals surface area contributed by atoms with Crippen molar-refractivity contribution in [2.24, 2.45) is 5.92 Å². The monoisotopic (exact) mass is 160 g/mol. The second-order valence-corrected chi connectivity index (χ2v) is 3.03. The Balaban J connectivity index is 0.000000187. The Morgan fingerprint density at radius 1 is 1.18 bits per heavy atom. The van der Waals surface area contributed by atoms with E-state index in [0.717, 1.165) is 25.2 Å². The molecule has 0 spiro atoms. The van der Waals surface area contributed by atoms with E-state index in [-0.39, 0.29) is 0 Å². The molecule has 68 valence electrons. The maximum Gasteiger partial charge on any atom is 0.0433 e. The molecule has 2 heteroatoms. The summed E-state index contributed by atoms with van der Waals surface area (Å²) in [7, 11) is 0. The molecule has 1 rings (SSSR count). The number of rotatable bonds is 4. The molecule has 2 nitrogen and oxygen atoms in total. The van der Waals surface area contributed by atoms with Crippen molar-refractivity contribution >= 4 is 0 Å². The van der Waals surface area contributed by atoms with Gasteiger partial charge in [0.2, 0.25) is 0 Å². The van der Waals surface area contributed by atoms with Crippen molar-refractivity contribution in [2.45, 2.75) is 39.0 Å². The van der Waals surface area contributed by atoms with E-state index in [2.05, 4.69) is 6.92 Å². The first-order valence-corrected chi connectivity index (χ1v) is 4.56. The number of hydrogen-bond acceptors (Lipinski definition) is 2. The Hall–Kier alpha value is -0.0800. The molecule has 2 N–H and O–H groups in total. The maximum atomic E-state index is 8.28. The lowest BCUT2D eigenvalue weighted by atomic mass is 10.3. The topological polar surface area (TPSA) is 40.5 Å². The first-order chi connectivity index (χ1) is 5.35. The van der Waals surface area contributed by atoms with E-state index in [4.69, 9.17) is 10.2 Å². The van der Waals surface area contributed by atoms with Gasteiger partial charge in [-0.1, -0.05) is 26.2 Å². The zero-order valence-corrected chi connectivity index (χ0v) is 7.42. The molecule has 0 heterocycles. The average molecular weight is 160 g/mol. The Kier molecular flexibility index (Phi) is 7.96. The fourth-order valence-electron chi connectivity index (χ4n) is 0.747. The lowest BCUT2D eigenvalue weighted by Crippen LogP contribution is -1.80. The minimum atomic E-state index is 0.344. The first-order valence-electron chi connectivity index (χ1n) is 4.56. The molecule has 0 aromatic heterocycles. The van der Waals surface area contributed by atoms with Crippen LogP contribution in [0, 0.1) is 5.92 Å². The standard InChI is InChI=1S/C5H10O.C4H10O/c6-4-3-5-1-2-5;1-2-3-4-5/h5-6H,1-4H2;5H,2-4H2,1H3. The Morgan fingerprint density at radius 3 is 1.91 bits per heavy atom. The van der Waals surface area contributed by atoms with Crippen LogP contribution in [0.15, 0.2) is 0 Å². The molecular weight excluding hydrogens is 140 g/mol. The molecule has 0 bridgehead atoms. The molecule has 0 aromatic rings. The van der Waals surface area contributed by atoms with Crippen LogP contribution in [0.3, 0.4) is 0 Å². The van der Waals surface area contributed by atoms with Crippen molar-refractivity contribution in [3.63, 3.8) is 0 Å². The second-order valence-electron chi connectivity index (χ2n) is 3.03. The highest BCUT2D eigenvalue weighted by Crippen LogP contribution is 2.31. The summed E-state index contributed by atoms with van der Waals surface area (Å²) >= 11 is 0. The predicted molar refractivity (Wildman–Crippen MR) is 46.4 cm³/mol. The second kappa shape index (κ2) is 8.02. The minimum Gasteiger partial charge on any atom is -0.396 e. The molecule has 0 unspecified atom stereocenters. The van der Waals surface area contributed by atoms with Gasteiger partial charge in [0.1, 0.15) is 0 Å². The Morgan fingerprint density at radius 2 is 1.82 bits per heavy atom. The third kappa shape index (κ3) is 9.92. The SMILES string of the molecule is CCCCO.OCCC1CC1. The molecule has 0 atom stereocenters. The molecule has 1 saturated carbocycles. The largest absolute Gasteiger partial charge is 0.396 e. The molecular formula is C9H20O2. The summed E-state index contributed by atoms with van der Waals surface area (Å²) < 4.78 is 0. The molecule has 0 amide bonds. The van der Waals surface area contributed by atoms with E-state index in [9.17, 15) is 0 Å². The highest BCUT2D eigenvalue weighted by molar-refractivity contribution is 4.71. The van der Waals surface area contributed by atoms with Crippen molar-refractivity contribution in [3.05, 3.63) is 0 Å². The number of aliphatic hydroxyl groups is 2. The average Bonchev–Trinajstić information content (AvgIpc) is 2.76. The van der Waals surface area contributed by atoms with Gasteiger partial charge in [0, 0.05) is 13.2 Å². The molecule has 0 aromatic carbocycles. The summed E-state index contributed by atoms with van der Waals surface area (Å²) in [6.45, 7) is 2.79. The van der Waals surface area contributed by atoms with Crippen LogP contribution in [0.2, 0.25) is 0 Å². The van der Waals surface area contributed by atoms with Crippen LogP contribution in [0.25, 0.3) is 0 Å². The van der Waals surface area contributed by atoms with Gasteiger partial charge in [-0.2, -0.15) is 0 Å². The van der Waals surface area contributed by atoms with Gasteiger partial charge < -0.3 is 10.2 Å².